The third-order valence-electron chi connectivity index (χ3n) is 15.8. The first-order valence-electron chi connectivity index (χ1n) is 34.6. The van der Waals surface area contributed by atoms with E-state index in [0.29, 0.717) is 6.42 Å². The lowest BCUT2D eigenvalue weighted by atomic mass is 9.99. The first kappa shape index (κ1) is 77.9. The van der Waals surface area contributed by atoms with E-state index in [1.165, 1.54) is 193 Å². The Bertz CT molecular complexity index is 1680. The molecule has 9 heteroatoms. The van der Waals surface area contributed by atoms with Gasteiger partial charge < -0.3 is 40.3 Å². The normalized spacial score (nSPS) is 19.0. The van der Waals surface area contributed by atoms with Gasteiger partial charge in [-0.05, 0) is 96.3 Å². The molecule has 0 bridgehead atoms. The fraction of sp³-hybridized carbons (Fsp3) is 0.743. The molecule has 7 atom stereocenters. The summed E-state index contributed by atoms with van der Waals surface area (Å²) in [6, 6.07) is -0.838. The van der Waals surface area contributed by atoms with Crippen LogP contribution >= 0.6 is 0 Å². The molecule has 0 aromatic carbocycles. The van der Waals surface area contributed by atoms with Crippen molar-refractivity contribution >= 4 is 5.91 Å². The molecule has 9 nitrogen and oxygen atoms in total. The maximum absolute atomic E-state index is 13.1. The zero-order chi connectivity index (χ0) is 60.0. The van der Waals surface area contributed by atoms with Crippen LogP contribution in [0.2, 0.25) is 0 Å². The molecular weight excluding hydrogens is 1030 g/mol. The number of rotatable bonds is 59. The van der Waals surface area contributed by atoms with Gasteiger partial charge in [-0.2, -0.15) is 0 Å². The number of aliphatic hydroxyl groups excluding tert-OH is 5. The predicted molar refractivity (Wildman–Crippen MR) is 354 cm³/mol. The van der Waals surface area contributed by atoms with E-state index in [1.54, 1.807) is 6.08 Å². The lowest BCUT2D eigenvalue weighted by Gasteiger charge is -2.40. The molecule has 7 unspecified atom stereocenters. The Hall–Kier alpha value is -3.15. The van der Waals surface area contributed by atoms with Crippen molar-refractivity contribution < 1.29 is 39.8 Å². The van der Waals surface area contributed by atoms with E-state index in [2.05, 4.69) is 116 Å². The van der Waals surface area contributed by atoms with Gasteiger partial charge in [0, 0.05) is 6.42 Å². The molecular formula is C74H129NO8. The number of hydrogen-bond acceptors (Lipinski definition) is 8. The van der Waals surface area contributed by atoms with Gasteiger partial charge in [0.1, 0.15) is 24.4 Å². The molecule has 0 aromatic heterocycles. The van der Waals surface area contributed by atoms with E-state index in [-0.39, 0.29) is 12.5 Å². The molecule has 1 saturated heterocycles. The van der Waals surface area contributed by atoms with Crippen LogP contribution in [0, 0.1) is 0 Å². The first-order valence-corrected chi connectivity index (χ1v) is 34.6. The Kier molecular flexibility index (Phi) is 58.1. The van der Waals surface area contributed by atoms with Crippen LogP contribution in [0.15, 0.2) is 109 Å². The van der Waals surface area contributed by atoms with Crippen LogP contribution in [0.5, 0.6) is 0 Å². The third kappa shape index (κ3) is 50.7. The highest BCUT2D eigenvalue weighted by Crippen LogP contribution is 2.23. The van der Waals surface area contributed by atoms with Crippen molar-refractivity contribution in [2.24, 2.45) is 0 Å². The summed E-state index contributed by atoms with van der Waals surface area (Å²) in [6.07, 6.45) is 84.7. The van der Waals surface area contributed by atoms with E-state index in [1.807, 2.05) is 6.08 Å². The number of aliphatic hydroxyl groups is 5. The lowest BCUT2D eigenvalue weighted by molar-refractivity contribution is -0.302. The number of allylic oxidation sites excluding steroid dienone is 17. The molecule has 1 amide bonds. The van der Waals surface area contributed by atoms with Crippen molar-refractivity contribution in [3.8, 4) is 0 Å². The van der Waals surface area contributed by atoms with E-state index >= 15 is 0 Å². The summed E-state index contributed by atoms with van der Waals surface area (Å²) in [6.45, 7) is 3.67. The Morgan fingerprint density at radius 3 is 1.16 bits per heavy atom. The highest BCUT2D eigenvalue weighted by atomic mass is 16.7. The van der Waals surface area contributed by atoms with Crippen LogP contribution in [0.25, 0.3) is 0 Å². The van der Waals surface area contributed by atoms with Crippen LogP contribution < -0.4 is 5.32 Å². The van der Waals surface area contributed by atoms with Crippen LogP contribution in [0.1, 0.15) is 296 Å². The maximum Gasteiger partial charge on any atom is 0.220 e. The highest BCUT2D eigenvalue weighted by Gasteiger charge is 2.44. The van der Waals surface area contributed by atoms with Crippen molar-refractivity contribution in [1.29, 1.82) is 0 Å². The van der Waals surface area contributed by atoms with Crippen molar-refractivity contribution in [2.45, 2.75) is 339 Å². The second kappa shape index (κ2) is 61.9. The molecule has 1 rings (SSSR count). The summed E-state index contributed by atoms with van der Waals surface area (Å²) in [4.78, 5) is 13.1. The number of unbranched alkanes of at least 4 members (excludes halogenated alkanes) is 33. The number of carbonyl (C=O) groups excluding carboxylic acids is 1. The van der Waals surface area contributed by atoms with Crippen LogP contribution in [-0.4, -0.2) is 87.5 Å². The SMILES string of the molecule is CC/C=C\C/C=C\C/C=C\C/C=C\C/C=C\C/C=C\CCCCCCCCCCCCCCC(=O)NC(COC1OC(CO)C(O)C(O)C1O)C(O)/C=C/CC/C=C/CC/C=C/CCCCCCCCCCCCCCCCCCCCC. The van der Waals surface area contributed by atoms with Gasteiger partial charge in [-0.15, -0.1) is 0 Å². The molecule has 0 aliphatic carbocycles. The molecule has 1 aliphatic heterocycles. The number of amides is 1. The standard InChI is InChI=1S/C74H129NO8/c1-3-5-7-9-11-13-15-17-19-21-23-25-27-29-31-33-34-36-38-40-42-44-46-48-50-52-54-56-58-60-62-64-70(78)75-67(66-82-74-73(81)72(80)71(79)69(65-76)83-74)68(77)63-61-59-57-55-53-51-49-47-45-43-41-39-37-35-32-30-28-26-24-22-20-18-16-14-12-10-8-6-4-2/h5,7,11,13,17,19,23,25,29,31,34,36,45,47,53,55,61,63,67-69,71-74,76-77,79-81H,3-4,6,8-10,12,14-16,18,20-22,24,26-28,30,32-33,35,37-44,46,48-52,54,56-60,62,64-66H2,1-2H3,(H,75,78)/b7-5-,13-11-,19-17-,25-23-,31-29-,36-34-,47-45+,55-53+,63-61+. The average molecular weight is 1160 g/mol. The molecule has 1 fully saturated rings. The Balaban J connectivity index is 2.19. The van der Waals surface area contributed by atoms with Crippen molar-refractivity contribution in [1.82, 2.24) is 5.32 Å². The minimum atomic E-state index is -1.58. The smallest absolute Gasteiger partial charge is 0.220 e. The van der Waals surface area contributed by atoms with Crippen molar-refractivity contribution in [3.63, 3.8) is 0 Å². The fourth-order valence-electron chi connectivity index (χ4n) is 10.4. The molecule has 0 spiro atoms. The monoisotopic (exact) mass is 1160 g/mol. The van der Waals surface area contributed by atoms with E-state index in [9.17, 15) is 30.3 Å². The zero-order valence-electron chi connectivity index (χ0n) is 53.4. The minimum absolute atomic E-state index is 0.195. The molecule has 6 N–H and O–H groups in total. The summed E-state index contributed by atoms with van der Waals surface area (Å²) in [5, 5.41) is 54.7. The van der Waals surface area contributed by atoms with E-state index in [4.69, 9.17) is 9.47 Å². The lowest BCUT2D eigenvalue weighted by Crippen LogP contribution is -2.60. The fourth-order valence-corrected chi connectivity index (χ4v) is 10.4. The molecule has 1 aliphatic rings. The topological polar surface area (TPSA) is 149 Å². The largest absolute Gasteiger partial charge is 0.394 e. The molecule has 478 valence electrons. The van der Waals surface area contributed by atoms with Gasteiger partial charge in [0.25, 0.3) is 0 Å². The van der Waals surface area contributed by atoms with Gasteiger partial charge in [-0.3, -0.25) is 4.79 Å². The van der Waals surface area contributed by atoms with Crippen LogP contribution in [0.3, 0.4) is 0 Å². The summed E-state index contributed by atoms with van der Waals surface area (Å²) >= 11 is 0. The summed E-state index contributed by atoms with van der Waals surface area (Å²) < 4.78 is 11.3. The van der Waals surface area contributed by atoms with Gasteiger partial charge in [-0.25, -0.2) is 0 Å². The number of carbonyl (C=O) groups is 1. The first-order chi connectivity index (χ1) is 40.8. The maximum atomic E-state index is 13.1. The van der Waals surface area contributed by atoms with E-state index < -0.39 is 49.5 Å². The number of nitrogens with one attached hydrogen (secondary N) is 1. The Labute approximate surface area is 510 Å². The molecule has 1 heterocycles. The van der Waals surface area contributed by atoms with Crippen LogP contribution in [0.4, 0.5) is 0 Å². The number of ether oxygens (including phenoxy) is 2. The Morgan fingerprint density at radius 1 is 0.422 bits per heavy atom. The molecule has 0 radical (unpaired) electrons. The molecule has 83 heavy (non-hydrogen) atoms. The van der Waals surface area contributed by atoms with Gasteiger partial charge >= 0.3 is 0 Å². The number of hydrogen-bond donors (Lipinski definition) is 6. The summed E-state index contributed by atoms with van der Waals surface area (Å²) in [5.41, 5.74) is 0. The second-order valence-corrected chi connectivity index (χ2v) is 23.6. The van der Waals surface area contributed by atoms with Gasteiger partial charge in [0.05, 0.1) is 25.4 Å². The summed E-state index contributed by atoms with van der Waals surface area (Å²) in [7, 11) is 0. The zero-order valence-corrected chi connectivity index (χ0v) is 53.4. The quantitative estimate of drug-likeness (QED) is 0.0261. The van der Waals surface area contributed by atoms with Crippen molar-refractivity contribution in [2.75, 3.05) is 13.2 Å². The van der Waals surface area contributed by atoms with Gasteiger partial charge in [-0.1, -0.05) is 303 Å². The highest BCUT2D eigenvalue weighted by molar-refractivity contribution is 5.76. The molecule has 0 saturated carbocycles. The molecule has 0 aromatic rings. The van der Waals surface area contributed by atoms with E-state index in [0.717, 1.165) is 83.5 Å². The van der Waals surface area contributed by atoms with Crippen LogP contribution in [-0.2, 0) is 14.3 Å². The van der Waals surface area contributed by atoms with Crippen molar-refractivity contribution in [3.05, 3.63) is 109 Å². The second-order valence-electron chi connectivity index (χ2n) is 23.6. The average Bonchev–Trinajstić information content (AvgIpc) is 3.61. The minimum Gasteiger partial charge on any atom is -0.394 e. The third-order valence-corrected chi connectivity index (χ3v) is 15.8. The van der Waals surface area contributed by atoms with Gasteiger partial charge in [0.15, 0.2) is 6.29 Å². The van der Waals surface area contributed by atoms with Gasteiger partial charge in [0.2, 0.25) is 5.91 Å². The summed E-state index contributed by atoms with van der Waals surface area (Å²) in [5.74, 6) is -0.195. The Morgan fingerprint density at radius 2 is 0.759 bits per heavy atom. The predicted octanol–water partition coefficient (Wildman–Crippen LogP) is 18.9.